The van der Waals surface area contributed by atoms with Gasteiger partial charge < -0.3 is 15.0 Å². The minimum Gasteiger partial charge on any atom is -0.356 e. The summed E-state index contributed by atoms with van der Waals surface area (Å²) >= 11 is 0. The molecule has 0 aliphatic carbocycles. The largest absolute Gasteiger partial charge is 0.356 e. The van der Waals surface area contributed by atoms with Crippen molar-refractivity contribution < 1.29 is 14.3 Å². The Morgan fingerprint density at radius 2 is 1.85 bits per heavy atom. The van der Waals surface area contributed by atoms with Gasteiger partial charge in [0.15, 0.2) is 6.10 Å². The van der Waals surface area contributed by atoms with E-state index in [0.29, 0.717) is 6.54 Å². The Labute approximate surface area is 160 Å². The molecule has 1 saturated heterocycles. The zero-order chi connectivity index (χ0) is 19.6. The Balaban J connectivity index is 1.79. The summed E-state index contributed by atoms with van der Waals surface area (Å²) in [4.78, 5) is 26.7. The molecule has 142 valence electrons. The van der Waals surface area contributed by atoms with Crippen LogP contribution in [0.2, 0.25) is 0 Å². The highest BCUT2D eigenvalue weighted by Gasteiger charge is 2.40. The van der Waals surface area contributed by atoms with Crippen LogP contribution in [0.3, 0.4) is 0 Å². The van der Waals surface area contributed by atoms with E-state index in [1.807, 2.05) is 37.3 Å². The van der Waals surface area contributed by atoms with Crippen LogP contribution in [-0.4, -0.2) is 36.5 Å². The first-order chi connectivity index (χ1) is 12.9. The van der Waals surface area contributed by atoms with Crippen molar-refractivity contribution in [3.8, 4) is 0 Å². The van der Waals surface area contributed by atoms with E-state index in [9.17, 15) is 9.59 Å². The molecular formula is C22H26N2O3. The molecule has 2 amide bonds. The number of carbonyl (C=O) groups excluding carboxylic acids is 2. The molecule has 0 aromatic heterocycles. The second kappa shape index (κ2) is 7.92. The number of amides is 2. The normalized spacial score (nSPS) is 19.9. The molecule has 2 atom stereocenters. The van der Waals surface area contributed by atoms with E-state index in [2.05, 4.69) is 31.3 Å². The molecule has 1 aliphatic rings. The Morgan fingerprint density at radius 3 is 2.56 bits per heavy atom. The summed E-state index contributed by atoms with van der Waals surface area (Å²) in [5.41, 5.74) is 5.41. The van der Waals surface area contributed by atoms with E-state index in [1.165, 1.54) is 11.1 Å². The van der Waals surface area contributed by atoms with E-state index in [4.69, 9.17) is 4.74 Å². The Bertz CT molecular complexity index is 862. The molecule has 1 aliphatic heterocycles. The van der Waals surface area contributed by atoms with E-state index in [1.54, 1.807) is 11.9 Å². The van der Waals surface area contributed by atoms with Gasteiger partial charge in [-0.15, -0.1) is 0 Å². The number of nitrogens with zero attached hydrogens (tertiary/aromatic N) is 1. The van der Waals surface area contributed by atoms with Crippen LogP contribution in [0.25, 0.3) is 0 Å². The maximum atomic E-state index is 12.9. The van der Waals surface area contributed by atoms with Crippen molar-refractivity contribution in [2.24, 2.45) is 0 Å². The van der Waals surface area contributed by atoms with Gasteiger partial charge in [0, 0.05) is 13.6 Å². The minimum atomic E-state index is -0.736. The molecule has 1 fully saturated rings. The van der Waals surface area contributed by atoms with Gasteiger partial charge in [0.05, 0.1) is 6.04 Å². The first-order valence-corrected chi connectivity index (χ1v) is 9.15. The van der Waals surface area contributed by atoms with E-state index in [0.717, 1.165) is 16.7 Å². The maximum Gasteiger partial charge on any atom is 0.251 e. The summed E-state index contributed by atoms with van der Waals surface area (Å²) in [6.45, 7) is 6.44. The number of hydrogen-bond acceptors (Lipinski definition) is 3. The van der Waals surface area contributed by atoms with Crippen molar-refractivity contribution in [2.75, 3.05) is 13.7 Å². The Hall–Kier alpha value is -2.66. The molecule has 0 spiro atoms. The van der Waals surface area contributed by atoms with Crippen molar-refractivity contribution in [2.45, 2.75) is 39.5 Å². The summed E-state index contributed by atoms with van der Waals surface area (Å²) in [5, 5.41) is 2.97. The van der Waals surface area contributed by atoms with Gasteiger partial charge in [0.1, 0.15) is 6.61 Å². The molecule has 0 radical (unpaired) electrons. The number of rotatable bonds is 4. The summed E-state index contributed by atoms with van der Waals surface area (Å²) in [6, 6.07) is 13.5. The monoisotopic (exact) mass is 366 g/mol. The zero-order valence-electron chi connectivity index (χ0n) is 16.3. The average molecular weight is 366 g/mol. The predicted octanol–water partition coefficient (Wildman–Crippen LogP) is 2.83. The zero-order valence-corrected chi connectivity index (χ0v) is 16.3. The fraction of sp³-hybridized carbons (Fsp3) is 0.364. The van der Waals surface area contributed by atoms with Gasteiger partial charge in [-0.2, -0.15) is 0 Å². The topological polar surface area (TPSA) is 58.6 Å². The van der Waals surface area contributed by atoms with Gasteiger partial charge in [-0.05, 0) is 48.6 Å². The molecule has 5 heteroatoms. The lowest BCUT2D eigenvalue weighted by atomic mass is 9.94. The molecule has 27 heavy (non-hydrogen) atoms. The molecule has 2 aromatic rings. The number of morpholine rings is 1. The minimum absolute atomic E-state index is 0.0827. The lowest BCUT2D eigenvalue weighted by molar-refractivity contribution is -0.162. The fourth-order valence-electron chi connectivity index (χ4n) is 3.42. The maximum absolute atomic E-state index is 12.9. The third-order valence-corrected chi connectivity index (χ3v) is 5.29. The average Bonchev–Trinajstić information content (AvgIpc) is 2.65. The molecule has 1 heterocycles. The molecule has 2 unspecified atom stereocenters. The van der Waals surface area contributed by atoms with Gasteiger partial charge in [-0.3, -0.25) is 9.59 Å². The van der Waals surface area contributed by atoms with Crippen molar-refractivity contribution in [3.63, 3.8) is 0 Å². The quantitative estimate of drug-likeness (QED) is 0.905. The van der Waals surface area contributed by atoms with Crippen LogP contribution < -0.4 is 5.32 Å². The smallest absolute Gasteiger partial charge is 0.251 e. The highest BCUT2D eigenvalue weighted by molar-refractivity contribution is 5.86. The first kappa shape index (κ1) is 19.1. The summed E-state index contributed by atoms with van der Waals surface area (Å²) in [6.07, 6.45) is -0.736. The van der Waals surface area contributed by atoms with Crippen LogP contribution in [0.5, 0.6) is 0 Å². The van der Waals surface area contributed by atoms with Crippen molar-refractivity contribution in [1.29, 1.82) is 0 Å². The van der Waals surface area contributed by atoms with Crippen LogP contribution in [0.1, 0.15) is 33.9 Å². The SMILES string of the molecule is Cc1ccc(CNC(=O)C2OCC(=O)N(C)C2c2ccccc2C)cc1C. The van der Waals surface area contributed by atoms with Gasteiger partial charge >= 0.3 is 0 Å². The fourth-order valence-corrected chi connectivity index (χ4v) is 3.42. The standard InChI is InChI=1S/C22H26N2O3/c1-14-9-10-17(11-16(14)3)12-23-22(26)21-20(24(4)19(25)13-27-21)18-8-6-5-7-15(18)2/h5-11,20-21H,12-13H2,1-4H3,(H,23,26). The Morgan fingerprint density at radius 1 is 1.11 bits per heavy atom. The van der Waals surface area contributed by atoms with Crippen LogP contribution >= 0.6 is 0 Å². The highest BCUT2D eigenvalue weighted by Crippen LogP contribution is 2.31. The molecule has 5 nitrogen and oxygen atoms in total. The lowest BCUT2D eigenvalue weighted by Crippen LogP contribution is -2.53. The molecule has 0 saturated carbocycles. The van der Waals surface area contributed by atoms with Crippen LogP contribution in [0.4, 0.5) is 0 Å². The summed E-state index contributed by atoms with van der Waals surface area (Å²) in [5.74, 6) is -0.331. The second-order valence-electron chi connectivity index (χ2n) is 7.17. The number of aryl methyl sites for hydroxylation is 3. The third-order valence-electron chi connectivity index (χ3n) is 5.29. The van der Waals surface area contributed by atoms with Gasteiger partial charge in [0.25, 0.3) is 5.91 Å². The van der Waals surface area contributed by atoms with Crippen LogP contribution in [0, 0.1) is 20.8 Å². The van der Waals surface area contributed by atoms with E-state index in [-0.39, 0.29) is 18.4 Å². The van der Waals surface area contributed by atoms with Crippen molar-refractivity contribution in [3.05, 3.63) is 70.3 Å². The van der Waals surface area contributed by atoms with Gasteiger partial charge in [-0.25, -0.2) is 0 Å². The van der Waals surface area contributed by atoms with Crippen LogP contribution in [0.15, 0.2) is 42.5 Å². The number of nitrogens with one attached hydrogen (secondary N) is 1. The number of carbonyl (C=O) groups is 2. The lowest BCUT2D eigenvalue weighted by Gasteiger charge is -2.38. The van der Waals surface area contributed by atoms with Gasteiger partial charge in [0.2, 0.25) is 5.91 Å². The molecule has 2 aromatic carbocycles. The number of likely N-dealkylation sites (N-methyl/N-ethyl adjacent to an activating group) is 1. The second-order valence-corrected chi connectivity index (χ2v) is 7.17. The molecule has 0 bridgehead atoms. The van der Waals surface area contributed by atoms with Gasteiger partial charge in [-0.1, -0.05) is 42.5 Å². The predicted molar refractivity (Wildman–Crippen MR) is 104 cm³/mol. The molecule has 3 rings (SSSR count). The van der Waals surface area contributed by atoms with Crippen molar-refractivity contribution >= 4 is 11.8 Å². The van der Waals surface area contributed by atoms with Crippen LogP contribution in [-0.2, 0) is 20.9 Å². The molecular weight excluding hydrogens is 340 g/mol. The van der Waals surface area contributed by atoms with E-state index >= 15 is 0 Å². The highest BCUT2D eigenvalue weighted by atomic mass is 16.5. The number of hydrogen-bond donors (Lipinski definition) is 1. The third kappa shape index (κ3) is 4.03. The Kier molecular flexibility index (Phi) is 5.61. The summed E-state index contributed by atoms with van der Waals surface area (Å²) in [7, 11) is 1.73. The first-order valence-electron chi connectivity index (χ1n) is 9.15. The molecule has 1 N–H and O–H groups in total. The van der Waals surface area contributed by atoms with E-state index < -0.39 is 12.1 Å². The van der Waals surface area contributed by atoms with Crippen molar-refractivity contribution in [1.82, 2.24) is 10.2 Å². The summed E-state index contributed by atoms with van der Waals surface area (Å²) < 4.78 is 5.67. The number of ether oxygens (including phenoxy) is 1. The number of benzene rings is 2.